The van der Waals surface area contributed by atoms with Crippen molar-refractivity contribution >= 4 is 11.8 Å². The minimum absolute atomic E-state index is 0.0222. The molecule has 1 aromatic rings. The van der Waals surface area contributed by atoms with Gasteiger partial charge in [0.1, 0.15) is 5.82 Å². The molecule has 2 aliphatic rings. The summed E-state index contributed by atoms with van der Waals surface area (Å²) in [5.41, 5.74) is 0.796. The molecule has 2 amide bonds. The molecule has 0 aromatic carbocycles. The number of aromatic nitrogens is 2. The predicted molar refractivity (Wildman–Crippen MR) is 86.7 cm³/mol. The number of rotatable bonds is 6. The first kappa shape index (κ1) is 16.0. The highest BCUT2D eigenvalue weighted by molar-refractivity contribution is 5.78. The van der Waals surface area contributed by atoms with E-state index in [1.54, 1.807) is 0 Å². The minimum atomic E-state index is -0.0222. The van der Waals surface area contributed by atoms with Crippen LogP contribution in [0.5, 0.6) is 0 Å². The van der Waals surface area contributed by atoms with Crippen LogP contribution in [-0.4, -0.2) is 39.4 Å². The molecular formula is C17H26N4O2. The number of fused-ring (bicyclic) bond motifs is 1. The molecule has 1 saturated carbocycles. The fourth-order valence-electron chi connectivity index (χ4n) is 3.14. The molecule has 126 valence electrons. The van der Waals surface area contributed by atoms with Crippen LogP contribution in [0, 0.1) is 5.92 Å². The topological polar surface area (TPSA) is 67.2 Å². The maximum absolute atomic E-state index is 12.2. The maximum Gasteiger partial charge on any atom is 0.226 e. The Hall–Kier alpha value is -1.85. The van der Waals surface area contributed by atoms with Crippen LogP contribution in [0.2, 0.25) is 0 Å². The molecule has 3 rings (SSSR count). The highest BCUT2D eigenvalue weighted by Crippen LogP contribution is 2.28. The van der Waals surface area contributed by atoms with Crippen molar-refractivity contribution in [1.29, 1.82) is 0 Å². The van der Waals surface area contributed by atoms with Crippen LogP contribution >= 0.6 is 0 Å². The van der Waals surface area contributed by atoms with Gasteiger partial charge in [-0.25, -0.2) is 4.98 Å². The Morgan fingerprint density at radius 1 is 1.35 bits per heavy atom. The van der Waals surface area contributed by atoms with E-state index in [0.717, 1.165) is 37.6 Å². The highest BCUT2D eigenvalue weighted by atomic mass is 16.2. The molecule has 6 heteroatoms. The van der Waals surface area contributed by atoms with Gasteiger partial charge >= 0.3 is 0 Å². The SMILES string of the molecule is CCCC(=O)N1CCn2cc(CC(=O)NCC3CC3)nc2[C@@H]1C. The molecule has 1 fully saturated rings. The quantitative estimate of drug-likeness (QED) is 0.867. The van der Waals surface area contributed by atoms with Crippen molar-refractivity contribution in [3.63, 3.8) is 0 Å². The Morgan fingerprint density at radius 2 is 2.13 bits per heavy atom. The fourth-order valence-corrected chi connectivity index (χ4v) is 3.14. The predicted octanol–water partition coefficient (Wildman–Crippen LogP) is 1.66. The third kappa shape index (κ3) is 3.74. The number of amides is 2. The van der Waals surface area contributed by atoms with E-state index in [9.17, 15) is 9.59 Å². The largest absolute Gasteiger partial charge is 0.355 e. The Labute approximate surface area is 137 Å². The summed E-state index contributed by atoms with van der Waals surface area (Å²) in [5, 5.41) is 2.98. The van der Waals surface area contributed by atoms with Gasteiger partial charge in [0.2, 0.25) is 11.8 Å². The van der Waals surface area contributed by atoms with Gasteiger partial charge in [-0.2, -0.15) is 0 Å². The van der Waals surface area contributed by atoms with E-state index >= 15 is 0 Å². The second-order valence-corrected chi connectivity index (χ2v) is 6.72. The van der Waals surface area contributed by atoms with Crippen molar-refractivity contribution in [3.05, 3.63) is 17.7 Å². The number of hydrogen-bond acceptors (Lipinski definition) is 3. The molecule has 1 atom stereocenters. The Morgan fingerprint density at radius 3 is 2.83 bits per heavy atom. The summed E-state index contributed by atoms with van der Waals surface area (Å²) in [4.78, 5) is 30.7. The molecule has 0 radical (unpaired) electrons. The van der Waals surface area contributed by atoms with Crippen molar-refractivity contribution in [3.8, 4) is 0 Å². The van der Waals surface area contributed by atoms with Gasteiger partial charge in [-0.1, -0.05) is 6.92 Å². The third-order valence-corrected chi connectivity index (χ3v) is 4.69. The summed E-state index contributed by atoms with van der Waals surface area (Å²) in [6, 6.07) is -0.0222. The van der Waals surface area contributed by atoms with Gasteiger partial charge < -0.3 is 14.8 Å². The summed E-state index contributed by atoms with van der Waals surface area (Å²) < 4.78 is 2.09. The second kappa shape index (κ2) is 6.72. The van der Waals surface area contributed by atoms with Crippen LogP contribution < -0.4 is 5.32 Å². The number of carbonyl (C=O) groups excluding carboxylic acids is 2. The number of nitrogens with zero attached hydrogens (tertiary/aromatic N) is 3. The molecule has 1 aliphatic carbocycles. The lowest BCUT2D eigenvalue weighted by atomic mass is 10.2. The van der Waals surface area contributed by atoms with E-state index in [4.69, 9.17) is 0 Å². The van der Waals surface area contributed by atoms with E-state index in [1.807, 2.05) is 24.9 Å². The van der Waals surface area contributed by atoms with E-state index in [0.29, 0.717) is 18.8 Å². The summed E-state index contributed by atoms with van der Waals surface area (Å²) in [7, 11) is 0. The molecule has 1 N–H and O–H groups in total. The molecule has 0 unspecified atom stereocenters. The first-order chi connectivity index (χ1) is 11.1. The number of hydrogen-bond donors (Lipinski definition) is 1. The summed E-state index contributed by atoms with van der Waals surface area (Å²) in [6.07, 6.45) is 6.20. The van der Waals surface area contributed by atoms with Crippen LogP contribution in [0.4, 0.5) is 0 Å². The van der Waals surface area contributed by atoms with Gasteiger partial charge in [-0.3, -0.25) is 9.59 Å². The number of carbonyl (C=O) groups is 2. The molecule has 0 spiro atoms. The lowest BCUT2D eigenvalue weighted by Crippen LogP contribution is -2.40. The van der Waals surface area contributed by atoms with E-state index in [-0.39, 0.29) is 17.9 Å². The average Bonchev–Trinajstić information content (AvgIpc) is 3.25. The van der Waals surface area contributed by atoms with Gasteiger partial charge in [0, 0.05) is 32.3 Å². The summed E-state index contributed by atoms with van der Waals surface area (Å²) in [6.45, 7) is 6.30. The van der Waals surface area contributed by atoms with Gasteiger partial charge in [0.05, 0.1) is 18.2 Å². The van der Waals surface area contributed by atoms with Crippen molar-refractivity contribution in [2.45, 2.75) is 58.5 Å². The van der Waals surface area contributed by atoms with Crippen molar-refractivity contribution in [1.82, 2.24) is 19.8 Å². The first-order valence-electron chi connectivity index (χ1n) is 8.70. The molecule has 6 nitrogen and oxygen atoms in total. The fraction of sp³-hybridized carbons (Fsp3) is 0.706. The van der Waals surface area contributed by atoms with E-state index < -0.39 is 0 Å². The van der Waals surface area contributed by atoms with Crippen molar-refractivity contribution in [2.75, 3.05) is 13.1 Å². The van der Waals surface area contributed by atoms with E-state index in [1.165, 1.54) is 12.8 Å². The Bertz CT molecular complexity index is 591. The summed E-state index contributed by atoms with van der Waals surface area (Å²) in [5.74, 6) is 1.81. The van der Waals surface area contributed by atoms with Crippen LogP contribution in [-0.2, 0) is 22.6 Å². The van der Waals surface area contributed by atoms with Gasteiger partial charge in [-0.15, -0.1) is 0 Å². The number of imidazole rings is 1. The van der Waals surface area contributed by atoms with Gasteiger partial charge in [-0.05, 0) is 32.1 Å². The Kier molecular flexibility index (Phi) is 4.68. The maximum atomic E-state index is 12.2. The molecule has 23 heavy (non-hydrogen) atoms. The normalized spacial score (nSPS) is 20.3. The first-order valence-corrected chi connectivity index (χ1v) is 8.70. The lowest BCUT2D eigenvalue weighted by Gasteiger charge is -2.33. The van der Waals surface area contributed by atoms with Crippen LogP contribution in [0.25, 0.3) is 0 Å². The standard InChI is InChI=1S/C17H26N4O2/c1-3-4-16(23)21-8-7-20-11-14(19-17(20)12(21)2)9-15(22)18-10-13-5-6-13/h11-13H,3-10H2,1-2H3,(H,18,22)/t12-/m0/s1. The smallest absolute Gasteiger partial charge is 0.226 e. The minimum Gasteiger partial charge on any atom is -0.355 e. The molecule has 1 aliphatic heterocycles. The third-order valence-electron chi connectivity index (χ3n) is 4.69. The Balaban J connectivity index is 1.62. The zero-order valence-electron chi connectivity index (χ0n) is 14.0. The summed E-state index contributed by atoms with van der Waals surface area (Å²) >= 11 is 0. The average molecular weight is 318 g/mol. The monoisotopic (exact) mass is 318 g/mol. The molecular weight excluding hydrogens is 292 g/mol. The lowest BCUT2D eigenvalue weighted by molar-refractivity contribution is -0.134. The number of nitrogens with one attached hydrogen (secondary N) is 1. The molecule has 2 heterocycles. The van der Waals surface area contributed by atoms with Crippen molar-refractivity contribution in [2.24, 2.45) is 5.92 Å². The van der Waals surface area contributed by atoms with E-state index in [2.05, 4.69) is 14.9 Å². The zero-order chi connectivity index (χ0) is 16.4. The van der Waals surface area contributed by atoms with Crippen LogP contribution in [0.3, 0.4) is 0 Å². The molecule has 0 saturated heterocycles. The van der Waals surface area contributed by atoms with Crippen LogP contribution in [0.15, 0.2) is 6.20 Å². The highest BCUT2D eigenvalue weighted by Gasteiger charge is 2.29. The van der Waals surface area contributed by atoms with Gasteiger partial charge in [0.15, 0.2) is 0 Å². The molecule has 1 aromatic heterocycles. The second-order valence-electron chi connectivity index (χ2n) is 6.72. The van der Waals surface area contributed by atoms with Gasteiger partial charge in [0.25, 0.3) is 0 Å². The van der Waals surface area contributed by atoms with Crippen LogP contribution in [0.1, 0.15) is 57.1 Å². The van der Waals surface area contributed by atoms with Crippen molar-refractivity contribution < 1.29 is 9.59 Å². The zero-order valence-corrected chi connectivity index (χ0v) is 14.0. The molecule has 0 bridgehead atoms.